The molecule has 8 nitrogen and oxygen atoms in total. The molecule has 2 aromatic rings. The summed E-state index contributed by atoms with van der Waals surface area (Å²) in [6.45, 7) is 2.52. The predicted molar refractivity (Wildman–Crippen MR) is 121 cm³/mol. The quantitative estimate of drug-likeness (QED) is 0.607. The minimum absolute atomic E-state index is 0.101. The average Bonchev–Trinajstić information content (AvgIpc) is 2.82. The van der Waals surface area contributed by atoms with Gasteiger partial charge in [0.15, 0.2) is 0 Å². The molecule has 1 fully saturated rings. The molecule has 0 aliphatic carbocycles. The molecule has 0 spiro atoms. The van der Waals surface area contributed by atoms with Gasteiger partial charge >= 0.3 is 0 Å². The van der Waals surface area contributed by atoms with Crippen molar-refractivity contribution in [3.05, 3.63) is 54.1 Å². The average molecular weight is 442 g/mol. The summed E-state index contributed by atoms with van der Waals surface area (Å²) in [4.78, 5) is 29.1. The van der Waals surface area contributed by atoms with E-state index in [1.165, 1.54) is 0 Å². The molecular weight excluding hydrogens is 410 g/mol. The van der Waals surface area contributed by atoms with Gasteiger partial charge in [0.1, 0.15) is 23.9 Å². The number of hydrogen-bond donors (Lipinski definition) is 1. The van der Waals surface area contributed by atoms with E-state index in [9.17, 15) is 9.59 Å². The van der Waals surface area contributed by atoms with Crippen LogP contribution in [-0.4, -0.2) is 75.2 Å². The van der Waals surface area contributed by atoms with Gasteiger partial charge in [0.05, 0.1) is 33.2 Å². The lowest BCUT2D eigenvalue weighted by atomic mass is 10.1. The first-order valence-corrected chi connectivity index (χ1v) is 10.7. The summed E-state index contributed by atoms with van der Waals surface area (Å²) in [6.07, 6.45) is 0.103. The summed E-state index contributed by atoms with van der Waals surface area (Å²) in [5.74, 6) is 1.92. The maximum Gasteiger partial charge on any atom is 0.237 e. The number of nitrogens with zero attached hydrogens (tertiary/aromatic N) is 2. The third-order valence-corrected chi connectivity index (χ3v) is 5.54. The third kappa shape index (κ3) is 6.13. The Bertz CT molecular complexity index is 906. The lowest BCUT2D eigenvalue weighted by molar-refractivity contribution is -0.138. The Labute approximate surface area is 189 Å². The molecule has 1 N–H and O–H groups in total. The number of piperazine rings is 1. The van der Waals surface area contributed by atoms with Crippen molar-refractivity contribution in [1.29, 1.82) is 0 Å². The number of likely N-dealkylation sites (N-methyl/N-ethyl adjacent to an activating group) is 1. The van der Waals surface area contributed by atoms with Crippen LogP contribution in [0.25, 0.3) is 0 Å². The second-order valence-corrected chi connectivity index (χ2v) is 7.64. The molecule has 1 saturated heterocycles. The fourth-order valence-corrected chi connectivity index (χ4v) is 3.64. The Morgan fingerprint density at radius 1 is 1.12 bits per heavy atom. The molecule has 0 aromatic heterocycles. The van der Waals surface area contributed by atoms with Gasteiger partial charge in [-0.25, -0.2) is 0 Å². The minimum atomic E-state index is -0.541. The van der Waals surface area contributed by atoms with Crippen LogP contribution in [0.4, 0.5) is 0 Å². The Hall–Kier alpha value is -3.26. The Morgan fingerprint density at radius 3 is 2.62 bits per heavy atom. The van der Waals surface area contributed by atoms with Crippen molar-refractivity contribution in [2.75, 3.05) is 47.5 Å². The Kier molecular flexibility index (Phi) is 8.33. The second kappa shape index (κ2) is 11.4. The number of ether oxygens (including phenoxy) is 3. The largest absolute Gasteiger partial charge is 0.497 e. The van der Waals surface area contributed by atoms with E-state index >= 15 is 0 Å². The summed E-state index contributed by atoms with van der Waals surface area (Å²) in [5, 5.41) is 2.88. The van der Waals surface area contributed by atoms with Crippen molar-refractivity contribution >= 4 is 11.8 Å². The maximum absolute atomic E-state index is 12.8. The topological polar surface area (TPSA) is 80.3 Å². The van der Waals surface area contributed by atoms with E-state index in [4.69, 9.17) is 14.2 Å². The van der Waals surface area contributed by atoms with Crippen LogP contribution in [0.3, 0.4) is 0 Å². The van der Waals surface area contributed by atoms with E-state index in [2.05, 4.69) is 5.32 Å². The van der Waals surface area contributed by atoms with Crippen LogP contribution >= 0.6 is 0 Å². The monoisotopic (exact) mass is 441 g/mol. The van der Waals surface area contributed by atoms with Gasteiger partial charge in [-0.15, -0.1) is 0 Å². The summed E-state index contributed by atoms with van der Waals surface area (Å²) < 4.78 is 16.4. The van der Waals surface area contributed by atoms with E-state index in [0.717, 1.165) is 11.3 Å². The standard InChI is InChI=1S/C24H31N3O5/c1-26(13-14-32-19-7-5-4-6-8-19)23(28)16-21-24(29)25-11-12-27(21)17-18-9-10-20(30-2)15-22(18)31-3/h4-10,15,21H,11-14,16-17H2,1-3H3,(H,25,29). The molecule has 0 saturated carbocycles. The van der Waals surface area contributed by atoms with Crippen LogP contribution in [-0.2, 0) is 16.1 Å². The molecule has 1 aliphatic heterocycles. The minimum Gasteiger partial charge on any atom is -0.497 e. The van der Waals surface area contributed by atoms with E-state index in [1.807, 2.05) is 53.4 Å². The number of para-hydroxylation sites is 1. The molecule has 1 unspecified atom stereocenters. The maximum atomic E-state index is 12.8. The van der Waals surface area contributed by atoms with E-state index in [0.29, 0.717) is 44.3 Å². The van der Waals surface area contributed by atoms with Gasteiger partial charge in [-0.05, 0) is 18.2 Å². The second-order valence-electron chi connectivity index (χ2n) is 7.64. The predicted octanol–water partition coefficient (Wildman–Crippen LogP) is 1.93. The fraction of sp³-hybridized carbons (Fsp3) is 0.417. The smallest absolute Gasteiger partial charge is 0.237 e. The van der Waals surface area contributed by atoms with Gasteiger partial charge in [0.25, 0.3) is 0 Å². The lowest BCUT2D eigenvalue weighted by Gasteiger charge is -2.35. The highest BCUT2D eigenvalue weighted by atomic mass is 16.5. The first-order chi connectivity index (χ1) is 15.5. The van der Waals surface area contributed by atoms with Crippen molar-refractivity contribution in [3.63, 3.8) is 0 Å². The molecule has 0 radical (unpaired) electrons. The highest BCUT2D eigenvalue weighted by Gasteiger charge is 2.32. The number of amides is 2. The SMILES string of the molecule is COc1ccc(CN2CCNC(=O)C2CC(=O)N(C)CCOc2ccccc2)c(OC)c1. The van der Waals surface area contributed by atoms with Crippen LogP contribution in [0, 0.1) is 0 Å². The van der Waals surface area contributed by atoms with Gasteiger partial charge in [0.2, 0.25) is 11.8 Å². The number of rotatable bonds is 10. The Balaban J connectivity index is 1.60. The summed E-state index contributed by atoms with van der Waals surface area (Å²) >= 11 is 0. The molecule has 2 aromatic carbocycles. The molecule has 2 amide bonds. The molecule has 32 heavy (non-hydrogen) atoms. The molecule has 1 atom stereocenters. The zero-order chi connectivity index (χ0) is 22.9. The zero-order valence-electron chi connectivity index (χ0n) is 18.9. The number of nitrogens with one attached hydrogen (secondary N) is 1. The van der Waals surface area contributed by atoms with Gasteiger partial charge in [-0.1, -0.05) is 24.3 Å². The third-order valence-electron chi connectivity index (χ3n) is 5.54. The summed E-state index contributed by atoms with van der Waals surface area (Å²) in [6, 6.07) is 14.5. The number of methoxy groups -OCH3 is 2. The van der Waals surface area contributed by atoms with Gasteiger partial charge in [-0.3, -0.25) is 14.5 Å². The normalized spacial score (nSPS) is 16.2. The highest BCUT2D eigenvalue weighted by Crippen LogP contribution is 2.27. The fourth-order valence-electron chi connectivity index (χ4n) is 3.64. The first-order valence-electron chi connectivity index (χ1n) is 10.7. The summed E-state index contributed by atoms with van der Waals surface area (Å²) in [7, 11) is 4.94. The van der Waals surface area contributed by atoms with Crippen LogP contribution in [0.15, 0.2) is 48.5 Å². The van der Waals surface area contributed by atoms with Crippen molar-refractivity contribution in [3.8, 4) is 17.2 Å². The van der Waals surface area contributed by atoms with E-state index in [1.54, 1.807) is 26.2 Å². The number of benzene rings is 2. The van der Waals surface area contributed by atoms with Gasteiger partial charge in [0, 0.05) is 38.3 Å². The van der Waals surface area contributed by atoms with Crippen molar-refractivity contribution < 1.29 is 23.8 Å². The molecule has 172 valence electrons. The summed E-state index contributed by atoms with van der Waals surface area (Å²) in [5.41, 5.74) is 0.935. The molecule has 1 aliphatic rings. The number of carbonyl (C=O) groups is 2. The van der Waals surface area contributed by atoms with Crippen LogP contribution in [0.1, 0.15) is 12.0 Å². The van der Waals surface area contributed by atoms with Crippen LogP contribution in [0.5, 0.6) is 17.2 Å². The first kappa shape index (κ1) is 23.4. The van der Waals surface area contributed by atoms with E-state index < -0.39 is 6.04 Å². The van der Waals surface area contributed by atoms with Crippen LogP contribution < -0.4 is 19.5 Å². The number of carbonyl (C=O) groups excluding carboxylic acids is 2. The van der Waals surface area contributed by atoms with Crippen molar-refractivity contribution in [2.45, 2.75) is 19.0 Å². The van der Waals surface area contributed by atoms with Gasteiger partial charge in [-0.2, -0.15) is 0 Å². The van der Waals surface area contributed by atoms with Crippen LogP contribution in [0.2, 0.25) is 0 Å². The van der Waals surface area contributed by atoms with Gasteiger partial charge < -0.3 is 24.4 Å². The molecule has 1 heterocycles. The molecule has 8 heteroatoms. The lowest BCUT2D eigenvalue weighted by Crippen LogP contribution is -2.56. The molecule has 3 rings (SSSR count). The van der Waals surface area contributed by atoms with Crippen molar-refractivity contribution in [1.82, 2.24) is 15.1 Å². The highest BCUT2D eigenvalue weighted by molar-refractivity contribution is 5.88. The molecular formula is C24H31N3O5. The number of hydrogen-bond acceptors (Lipinski definition) is 6. The Morgan fingerprint density at radius 2 is 1.91 bits per heavy atom. The van der Waals surface area contributed by atoms with Crippen molar-refractivity contribution in [2.24, 2.45) is 0 Å². The van der Waals surface area contributed by atoms with E-state index in [-0.39, 0.29) is 18.2 Å². The zero-order valence-corrected chi connectivity index (χ0v) is 18.9. The molecule has 0 bridgehead atoms.